The Hall–Kier alpha value is -1.12. The lowest BCUT2D eigenvalue weighted by Crippen LogP contribution is -2.20. The van der Waals surface area contributed by atoms with Crippen LogP contribution in [0.3, 0.4) is 0 Å². The lowest BCUT2D eigenvalue weighted by Gasteiger charge is -2.18. The summed E-state index contributed by atoms with van der Waals surface area (Å²) in [7, 11) is 0. The standard InChI is InChI=1S/C18H25NS/c1-4-5-11-18(16-9-7-6-8-10-16)19-13-17-12-14(2)15(3)20-17/h6-10,12,18-19H,4-5,11,13H2,1-3H3. The van der Waals surface area contributed by atoms with Gasteiger partial charge in [0.15, 0.2) is 0 Å². The van der Waals surface area contributed by atoms with Gasteiger partial charge in [-0.15, -0.1) is 11.3 Å². The van der Waals surface area contributed by atoms with Crippen LogP contribution in [0, 0.1) is 13.8 Å². The third kappa shape index (κ3) is 4.19. The number of rotatable bonds is 7. The quantitative estimate of drug-likeness (QED) is 0.720. The van der Waals surface area contributed by atoms with Gasteiger partial charge in [-0.3, -0.25) is 0 Å². The van der Waals surface area contributed by atoms with Crippen LogP contribution < -0.4 is 5.32 Å². The van der Waals surface area contributed by atoms with E-state index in [9.17, 15) is 0 Å². The van der Waals surface area contributed by atoms with Crippen LogP contribution >= 0.6 is 11.3 Å². The topological polar surface area (TPSA) is 12.0 Å². The molecule has 2 rings (SSSR count). The lowest BCUT2D eigenvalue weighted by atomic mass is 10.0. The molecule has 1 aromatic heterocycles. The lowest BCUT2D eigenvalue weighted by molar-refractivity contribution is 0.483. The van der Waals surface area contributed by atoms with Gasteiger partial charge in [-0.1, -0.05) is 50.1 Å². The Morgan fingerprint density at radius 1 is 1.15 bits per heavy atom. The zero-order chi connectivity index (χ0) is 14.4. The molecule has 0 saturated carbocycles. The average molecular weight is 287 g/mol. The Kier molecular flexibility index (Phi) is 5.81. The normalized spacial score (nSPS) is 12.6. The van der Waals surface area contributed by atoms with Gasteiger partial charge in [0.25, 0.3) is 0 Å². The van der Waals surface area contributed by atoms with Crippen molar-refractivity contribution in [3.63, 3.8) is 0 Å². The fourth-order valence-corrected chi connectivity index (χ4v) is 3.45. The summed E-state index contributed by atoms with van der Waals surface area (Å²) in [6.07, 6.45) is 3.74. The van der Waals surface area contributed by atoms with E-state index in [-0.39, 0.29) is 0 Å². The van der Waals surface area contributed by atoms with Crippen LogP contribution in [0.25, 0.3) is 0 Å². The Morgan fingerprint density at radius 2 is 1.90 bits per heavy atom. The van der Waals surface area contributed by atoms with Crippen LogP contribution in [0.15, 0.2) is 36.4 Å². The molecule has 0 saturated heterocycles. The summed E-state index contributed by atoms with van der Waals surface area (Å²) >= 11 is 1.91. The summed E-state index contributed by atoms with van der Waals surface area (Å²) in [6.45, 7) is 7.63. The highest BCUT2D eigenvalue weighted by atomic mass is 32.1. The zero-order valence-electron chi connectivity index (χ0n) is 12.8. The maximum absolute atomic E-state index is 3.74. The Labute approximate surface area is 127 Å². The predicted molar refractivity (Wildman–Crippen MR) is 89.3 cm³/mol. The van der Waals surface area contributed by atoms with Crippen LogP contribution in [0.2, 0.25) is 0 Å². The van der Waals surface area contributed by atoms with Crippen molar-refractivity contribution in [2.24, 2.45) is 0 Å². The summed E-state index contributed by atoms with van der Waals surface area (Å²) in [5.41, 5.74) is 2.82. The van der Waals surface area contributed by atoms with Crippen molar-refractivity contribution in [1.82, 2.24) is 5.32 Å². The van der Waals surface area contributed by atoms with Crippen molar-refractivity contribution in [3.8, 4) is 0 Å². The third-order valence-electron chi connectivity index (χ3n) is 3.79. The maximum Gasteiger partial charge on any atom is 0.0323 e. The van der Waals surface area contributed by atoms with Crippen LogP contribution in [0.5, 0.6) is 0 Å². The number of benzene rings is 1. The van der Waals surface area contributed by atoms with Crippen molar-refractivity contribution in [1.29, 1.82) is 0 Å². The van der Waals surface area contributed by atoms with Gasteiger partial charge < -0.3 is 5.32 Å². The van der Waals surface area contributed by atoms with Gasteiger partial charge in [-0.2, -0.15) is 0 Å². The molecule has 1 aromatic carbocycles. The predicted octanol–water partition coefficient (Wildman–Crippen LogP) is 5.39. The summed E-state index contributed by atoms with van der Waals surface area (Å²) in [5.74, 6) is 0. The van der Waals surface area contributed by atoms with Crippen molar-refractivity contribution >= 4 is 11.3 Å². The van der Waals surface area contributed by atoms with Crippen molar-refractivity contribution in [2.75, 3.05) is 0 Å². The van der Waals surface area contributed by atoms with E-state index < -0.39 is 0 Å². The molecule has 1 atom stereocenters. The second kappa shape index (κ2) is 7.61. The Balaban J connectivity index is 2.00. The number of nitrogens with one attached hydrogen (secondary N) is 1. The van der Waals surface area contributed by atoms with Crippen LogP contribution in [0.1, 0.15) is 53.1 Å². The Morgan fingerprint density at radius 3 is 2.50 bits per heavy atom. The highest BCUT2D eigenvalue weighted by Gasteiger charge is 2.11. The molecule has 0 aliphatic heterocycles. The fourth-order valence-electron chi connectivity index (χ4n) is 2.44. The molecule has 2 aromatic rings. The first-order chi connectivity index (χ1) is 9.70. The molecule has 1 N–H and O–H groups in total. The largest absolute Gasteiger partial charge is 0.305 e. The summed E-state index contributed by atoms with van der Waals surface area (Å²) in [6, 6.07) is 13.6. The number of hydrogen-bond donors (Lipinski definition) is 1. The number of hydrogen-bond acceptors (Lipinski definition) is 2. The molecular formula is C18H25NS. The van der Waals surface area contributed by atoms with Gasteiger partial charge in [0, 0.05) is 22.3 Å². The van der Waals surface area contributed by atoms with Gasteiger partial charge in [-0.25, -0.2) is 0 Å². The average Bonchev–Trinajstić information content (AvgIpc) is 2.79. The van der Waals surface area contributed by atoms with E-state index in [1.54, 1.807) is 0 Å². The molecule has 0 radical (unpaired) electrons. The summed E-state index contributed by atoms with van der Waals surface area (Å²) in [5, 5.41) is 3.74. The summed E-state index contributed by atoms with van der Waals surface area (Å²) < 4.78 is 0. The molecule has 108 valence electrons. The van der Waals surface area contributed by atoms with Crippen molar-refractivity contribution in [2.45, 2.75) is 52.6 Å². The Bertz CT molecular complexity index is 496. The van der Waals surface area contributed by atoms with E-state index in [2.05, 4.69) is 62.5 Å². The molecular weight excluding hydrogens is 262 g/mol. The zero-order valence-corrected chi connectivity index (χ0v) is 13.6. The van der Waals surface area contributed by atoms with E-state index in [0.29, 0.717) is 6.04 Å². The monoisotopic (exact) mass is 287 g/mol. The van der Waals surface area contributed by atoms with Crippen LogP contribution in [-0.4, -0.2) is 0 Å². The molecule has 2 heteroatoms. The van der Waals surface area contributed by atoms with E-state index >= 15 is 0 Å². The highest BCUT2D eigenvalue weighted by molar-refractivity contribution is 7.12. The number of unbranched alkanes of at least 4 members (excludes halogenated alkanes) is 1. The molecule has 0 amide bonds. The van der Waals surface area contributed by atoms with Gasteiger partial charge >= 0.3 is 0 Å². The molecule has 0 spiro atoms. The molecule has 1 heterocycles. The molecule has 0 aliphatic carbocycles. The molecule has 1 nitrogen and oxygen atoms in total. The highest BCUT2D eigenvalue weighted by Crippen LogP contribution is 2.23. The van der Waals surface area contributed by atoms with Gasteiger partial charge in [0.1, 0.15) is 0 Å². The fraction of sp³-hybridized carbons (Fsp3) is 0.444. The number of aryl methyl sites for hydroxylation is 2. The van der Waals surface area contributed by atoms with Gasteiger partial charge in [-0.05, 0) is 37.5 Å². The van der Waals surface area contributed by atoms with Gasteiger partial charge in [0.05, 0.1) is 0 Å². The first kappa shape index (κ1) is 15.3. The van der Waals surface area contributed by atoms with E-state index in [1.807, 2.05) is 11.3 Å². The summed E-state index contributed by atoms with van der Waals surface area (Å²) in [4.78, 5) is 2.88. The van der Waals surface area contributed by atoms with E-state index in [4.69, 9.17) is 0 Å². The minimum absolute atomic E-state index is 0.471. The van der Waals surface area contributed by atoms with E-state index in [0.717, 1.165) is 6.54 Å². The third-order valence-corrected chi connectivity index (χ3v) is 4.94. The minimum atomic E-state index is 0.471. The maximum atomic E-state index is 3.74. The minimum Gasteiger partial charge on any atom is -0.305 e. The first-order valence-corrected chi connectivity index (χ1v) is 8.36. The molecule has 1 unspecified atom stereocenters. The molecule has 0 aliphatic rings. The van der Waals surface area contributed by atoms with Crippen LogP contribution in [-0.2, 0) is 6.54 Å². The second-order valence-corrected chi connectivity index (χ2v) is 6.78. The first-order valence-electron chi connectivity index (χ1n) is 7.55. The van der Waals surface area contributed by atoms with Gasteiger partial charge in [0.2, 0.25) is 0 Å². The number of thiophene rings is 1. The molecule has 0 fully saturated rings. The molecule has 0 bridgehead atoms. The SMILES string of the molecule is CCCCC(NCc1cc(C)c(C)s1)c1ccccc1. The van der Waals surface area contributed by atoms with Crippen LogP contribution in [0.4, 0.5) is 0 Å². The van der Waals surface area contributed by atoms with E-state index in [1.165, 1.54) is 40.1 Å². The van der Waals surface area contributed by atoms with Crippen molar-refractivity contribution in [3.05, 3.63) is 57.3 Å². The second-order valence-electron chi connectivity index (χ2n) is 5.44. The molecule has 20 heavy (non-hydrogen) atoms. The van der Waals surface area contributed by atoms with Crippen molar-refractivity contribution < 1.29 is 0 Å². The smallest absolute Gasteiger partial charge is 0.0323 e.